The molecule has 2 heterocycles. The van der Waals surface area contributed by atoms with Gasteiger partial charge in [-0.2, -0.15) is 4.98 Å². The molecular formula is C25H25BN8O7. The number of nitrogens with two attached hydrogens (primary N) is 1. The minimum atomic E-state index is -1.70. The molecule has 0 unspecified atom stereocenters. The highest BCUT2D eigenvalue weighted by atomic mass is 16.4. The number of carbonyl (C=O) groups is 3. The fourth-order valence-electron chi connectivity index (χ4n) is 3.76. The van der Waals surface area contributed by atoms with Crippen molar-refractivity contribution in [1.29, 1.82) is 0 Å². The van der Waals surface area contributed by atoms with E-state index in [1.807, 2.05) is 0 Å². The highest BCUT2D eigenvalue weighted by Gasteiger charge is 2.22. The Morgan fingerprint density at radius 2 is 1.80 bits per heavy atom. The van der Waals surface area contributed by atoms with E-state index in [-0.39, 0.29) is 47.5 Å². The Labute approximate surface area is 232 Å². The summed E-state index contributed by atoms with van der Waals surface area (Å²) in [6, 6.07) is 10.8. The number of fused-ring (bicyclic) bond motifs is 1. The van der Waals surface area contributed by atoms with Crippen LogP contribution in [0.1, 0.15) is 28.9 Å². The molecular weight excluding hydrogens is 535 g/mol. The van der Waals surface area contributed by atoms with Crippen LogP contribution >= 0.6 is 0 Å². The number of benzene rings is 2. The van der Waals surface area contributed by atoms with Crippen molar-refractivity contribution in [3.05, 3.63) is 76.3 Å². The molecule has 16 heteroatoms. The molecule has 0 spiro atoms. The highest BCUT2D eigenvalue weighted by molar-refractivity contribution is 6.58. The molecule has 2 amide bonds. The first-order valence-corrected chi connectivity index (χ1v) is 12.2. The average molecular weight is 560 g/mol. The number of carboxylic acid groups (broad SMARTS) is 1. The number of aliphatic carboxylic acids is 1. The van der Waals surface area contributed by atoms with Gasteiger partial charge >= 0.3 is 13.1 Å². The lowest BCUT2D eigenvalue weighted by atomic mass is 9.80. The van der Waals surface area contributed by atoms with Crippen LogP contribution in [0.3, 0.4) is 0 Å². The van der Waals surface area contributed by atoms with Gasteiger partial charge in [0.05, 0.1) is 18.4 Å². The van der Waals surface area contributed by atoms with Crippen LogP contribution in [0, 0.1) is 0 Å². The number of nitrogen functional groups attached to an aromatic ring is 1. The normalized spacial score (nSPS) is 11.5. The standard InChI is InChI=1S/C25H25BN8O7/c27-25-33-21-20(23(37)34-25)31-17(12-29-21)11-28-15-6-4-13(5-7-15)22(36)32-18(24(38)39)8-9-19(35)30-16-3-1-2-14(10-16)26(40)41/h1-7,10,12,18,28,40-41H,8-9,11H2,(H,30,35)(H,32,36)(H,38,39)(H3,27,29,33,34,37)/t18-/m0/s1. The Hall–Kier alpha value is -5.35. The van der Waals surface area contributed by atoms with Gasteiger partial charge in [-0.05, 0) is 48.3 Å². The van der Waals surface area contributed by atoms with Gasteiger partial charge < -0.3 is 36.8 Å². The fourth-order valence-corrected chi connectivity index (χ4v) is 3.76. The summed E-state index contributed by atoms with van der Waals surface area (Å²) < 4.78 is 0. The minimum absolute atomic E-state index is 0.0479. The summed E-state index contributed by atoms with van der Waals surface area (Å²) in [4.78, 5) is 63.3. The topological polar surface area (TPSA) is 246 Å². The van der Waals surface area contributed by atoms with Gasteiger partial charge in [0.15, 0.2) is 11.2 Å². The number of carboxylic acids is 1. The van der Waals surface area contributed by atoms with Gasteiger partial charge in [0.1, 0.15) is 6.04 Å². The molecule has 41 heavy (non-hydrogen) atoms. The highest BCUT2D eigenvalue weighted by Crippen LogP contribution is 2.13. The Morgan fingerprint density at radius 3 is 2.51 bits per heavy atom. The van der Waals surface area contributed by atoms with E-state index in [1.54, 1.807) is 18.2 Å². The predicted molar refractivity (Wildman–Crippen MR) is 149 cm³/mol. The SMILES string of the molecule is Nc1nc2ncc(CNc3ccc(C(=O)N[C@@H](CCC(=O)Nc4cccc(B(O)O)c4)C(=O)O)cc3)nc2c(=O)[nH]1. The minimum Gasteiger partial charge on any atom is -0.480 e. The van der Waals surface area contributed by atoms with Gasteiger partial charge in [0, 0.05) is 23.4 Å². The van der Waals surface area contributed by atoms with Crippen molar-refractivity contribution in [3.63, 3.8) is 0 Å². The molecule has 0 saturated heterocycles. The maximum Gasteiger partial charge on any atom is 0.488 e. The van der Waals surface area contributed by atoms with Crippen LogP contribution in [-0.4, -0.2) is 66.0 Å². The molecule has 9 N–H and O–H groups in total. The number of anilines is 3. The second kappa shape index (κ2) is 12.7. The maximum atomic E-state index is 12.7. The van der Waals surface area contributed by atoms with Crippen molar-refractivity contribution < 1.29 is 29.5 Å². The first-order valence-electron chi connectivity index (χ1n) is 12.2. The summed E-state index contributed by atoms with van der Waals surface area (Å²) >= 11 is 0. The monoisotopic (exact) mass is 560 g/mol. The second-order valence-corrected chi connectivity index (χ2v) is 8.87. The molecule has 2 aromatic heterocycles. The van der Waals surface area contributed by atoms with Crippen molar-refractivity contribution in [1.82, 2.24) is 25.3 Å². The smallest absolute Gasteiger partial charge is 0.480 e. The summed E-state index contributed by atoms with van der Waals surface area (Å²) in [7, 11) is -1.70. The summed E-state index contributed by atoms with van der Waals surface area (Å²) in [5.74, 6) is -2.51. The molecule has 0 bridgehead atoms. The molecule has 2 aromatic carbocycles. The fraction of sp³-hybridized carbons (Fsp3) is 0.160. The van der Waals surface area contributed by atoms with Gasteiger partial charge in [0.25, 0.3) is 11.5 Å². The quantitative estimate of drug-likeness (QED) is 0.105. The van der Waals surface area contributed by atoms with Crippen LogP contribution in [0.15, 0.2) is 59.5 Å². The van der Waals surface area contributed by atoms with Crippen LogP contribution in [-0.2, 0) is 16.1 Å². The number of carbonyl (C=O) groups excluding carboxylic acids is 2. The Kier molecular flexibility index (Phi) is 8.86. The molecule has 0 aliphatic heterocycles. The van der Waals surface area contributed by atoms with Crippen molar-refractivity contribution in [2.24, 2.45) is 0 Å². The van der Waals surface area contributed by atoms with Crippen molar-refractivity contribution >= 4 is 58.9 Å². The van der Waals surface area contributed by atoms with Gasteiger partial charge in [0.2, 0.25) is 11.9 Å². The summed E-state index contributed by atoms with van der Waals surface area (Å²) in [6.45, 7) is 0.215. The third kappa shape index (κ3) is 7.62. The lowest BCUT2D eigenvalue weighted by Gasteiger charge is -2.15. The average Bonchev–Trinajstić information content (AvgIpc) is 2.94. The first-order chi connectivity index (χ1) is 19.6. The van der Waals surface area contributed by atoms with Crippen molar-refractivity contribution in [3.8, 4) is 0 Å². The van der Waals surface area contributed by atoms with Crippen LogP contribution in [0.2, 0.25) is 0 Å². The lowest BCUT2D eigenvalue weighted by molar-refractivity contribution is -0.139. The molecule has 0 saturated carbocycles. The summed E-state index contributed by atoms with van der Waals surface area (Å²) in [5, 5.41) is 36.1. The number of H-pyrrole nitrogens is 1. The third-order valence-corrected chi connectivity index (χ3v) is 5.84. The van der Waals surface area contributed by atoms with E-state index in [0.717, 1.165) is 0 Å². The number of aromatic nitrogens is 4. The van der Waals surface area contributed by atoms with Crippen LogP contribution < -0.4 is 32.7 Å². The molecule has 210 valence electrons. The maximum absolute atomic E-state index is 12.7. The molecule has 0 aliphatic rings. The van der Waals surface area contributed by atoms with Crippen molar-refractivity contribution in [2.75, 3.05) is 16.4 Å². The van der Waals surface area contributed by atoms with Crippen molar-refractivity contribution in [2.45, 2.75) is 25.4 Å². The predicted octanol–water partition coefficient (Wildman–Crippen LogP) is -0.811. The second-order valence-electron chi connectivity index (χ2n) is 8.87. The van der Waals surface area contributed by atoms with E-state index in [9.17, 15) is 34.3 Å². The molecule has 0 aliphatic carbocycles. The number of amides is 2. The number of nitrogens with one attached hydrogen (secondary N) is 4. The van der Waals surface area contributed by atoms with Gasteiger partial charge in [-0.1, -0.05) is 12.1 Å². The number of hydrogen-bond donors (Lipinski definition) is 8. The zero-order valence-corrected chi connectivity index (χ0v) is 21.4. The molecule has 0 fully saturated rings. The zero-order chi connectivity index (χ0) is 29.5. The Balaban J connectivity index is 1.30. The largest absolute Gasteiger partial charge is 0.488 e. The van der Waals surface area contributed by atoms with Gasteiger partial charge in [-0.15, -0.1) is 0 Å². The van der Waals surface area contributed by atoms with E-state index in [2.05, 4.69) is 35.9 Å². The summed E-state index contributed by atoms with van der Waals surface area (Å²) in [5.41, 5.74) is 6.95. The first kappa shape index (κ1) is 28.7. The molecule has 1 atom stereocenters. The van der Waals surface area contributed by atoms with Crippen LogP contribution in [0.4, 0.5) is 17.3 Å². The molecule has 15 nitrogen and oxygen atoms in total. The molecule has 4 aromatic rings. The van der Waals surface area contributed by atoms with E-state index >= 15 is 0 Å². The molecule has 4 rings (SSSR count). The van der Waals surface area contributed by atoms with Crippen LogP contribution in [0.5, 0.6) is 0 Å². The zero-order valence-electron chi connectivity index (χ0n) is 21.4. The number of aromatic amines is 1. The Morgan fingerprint density at radius 1 is 1.05 bits per heavy atom. The van der Waals surface area contributed by atoms with Crippen LogP contribution in [0.25, 0.3) is 11.2 Å². The van der Waals surface area contributed by atoms with Gasteiger partial charge in [-0.3, -0.25) is 19.4 Å². The third-order valence-electron chi connectivity index (χ3n) is 5.84. The Bertz CT molecular complexity index is 1650. The molecule has 0 radical (unpaired) electrons. The van der Waals surface area contributed by atoms with E-state index in [0.29, 0.717) is 17.1 Å². The number of rotatable bonds is 11. The van der Waals surface area contributed by atoms with E-state index < -0.39 is 36.5 Å². The summed E-state index contributed by atoms with van der Waals surface area (Å²) in [6.07, 6.45) is 1.07. The number of hydrogen-bond acceptors (Lipinski definition) is 11. The van der Waals surface area contributed by atoms with Gasteiger partial charge in [-0.25, -0.2) is 14.8 Å². The van der Waals surface area contributed by atoms with E-state index in [1.165, 1.54) is 36.5 Å². The van der Waals surface area contributed by atoms with E-state index in [4.69, 9.17) is 5.73 Å². The lowest BCUT2D eigenvalue weighted by Crippen LogP contribution is -2.41. The number of nitrogens with zero attached hydrogens (tertiary/aromatic N) is 3.